The molecule has 24 heavy (non-hydrogen) atoms. The molecule has 1 amide bonds. The molecule has 0 aliphatic carbocycles. The molecule has 4 rings (SSSR count). The second kappa shape index (κ2) is 6.07. The molecule has 0 atom stereocenters. The molecule has 0 bridgehead atoms. The number of amides is 1. The Morgan fingerprint density at radius 2 is 1.58 bits per heavy atom. The summed E-state index contributed by atoms with van der Waals surface area (Å²) in [6, 6.07) is 14.4. The summed E-state index contributed by atoms with van der Waals surface area (Å²) in [5.41, 5.74) is 0.987. The van der Waals surface area contributed by atoms with Crippen molar-refractivity contribution in [2.24, 2.45) is 0 Å². The minimum Gasteiger partial charge on any atom is -0.450 e. The zero-order valence-corrected chi connectivity index (χ0v) is 13.9. The van der Waals surface area contributed by atoms with Gasteiger partial charge in [-0.25, -0.2) is 0 Å². The quantitative estimate of drug-likeness (QED) is 0.523. The van der Waals surface area contributed by atoms with Gasteiger partial charge in [0.15, 0.2) is 5.76 Å². The van der Waals surface area contributed by atoms with Crippen molar-refractivity contribution >= 4 is 51.0 Å². The second-order valence-electron chi connectivity index (χ2n) is 5.04. The molecule has 0 unspecified atom stereocenters. The van der Waals surface area contributed by atoms with Crippen LogP contribution in [0.1, 0.15) is 25.1 Å². The van der Waals surface area contributed by atoms with Crippen LogP contribution in [0.2, 0.25) is 0 Å². The van der Waals surface area contributed by atoms with Crippen LogP contribution in [0, 0.1) is 0 Å². The first-order chi connectivity index (χ1) is 11.7. The topological polar surface area (TPSA) is 59.3 Å². The van der Waals surface area contributed by atoms with Crippen molar-refractivity contribution < 1.29 is 14.0 Å². The number of hydrogen-bond donors (Lipinski definition) is 1. The maximum absolute atomic E-state index is 12.7. The third kappa shape index (κ3) is 2.55. The highest BCUT2D eigenvalue weighted by molar-refractivity contribution is 7.12. The van der Waals surface area contributed by atoms with Crippen molar-refractivity contribution in [3.8, 4) is 0 Å². The first kappa shape index (κ1) is 14.9. The zero-order chi connectivity index (χ0) is 16.5. The van der Waals surface area contributed by atoms with E-state index < -0.39 is 0 Å². The van der Waals surface area contributed by atoms with Crippen LogP contribution in [0.25, 0.3) is 11.0 Å². The Hall–Kier alpha value is -2.70. The number of para-hydroxylation sites is 1. The fourth-order valence-corrected chi connectivity index (χ4v) is 3.71. The standard InChI is InChI=1S/C18H11NO3S2/c20-16(13-7-3-9-23-13)17-15(11-5-1-2-6-12(11)22-17)19-18(21)14-8-4-10-24-14/h1-10H,(H,19,21). The van der Waals surface area contributed by atoms with Crippen LogP contribution < -0.4 is 5.32 Å². The van der Waals surface area contributed by atoms with E-state index in [1.807, 2.05) is 41.1 Å². The van der Waals surface area contributed by atoms with Gasteiger partial charge in [0.05, 0.1) is 15.4 Å². The maximum atomic E-state index is 12.7. The van der Waals surface area contributed by atoms with Crippen molar-refractivity contribution in [1.29, 1.82) is 0 Å². The summed E-state index contributed by atoms with van der Waals surface area (Å²) in [6.07, 6.45) is 0. The van der Waals surface area contributed by atoms with E-state index in [-0.39, 0.29) is 17.5 Å². The average Bonchev–Trinajstić information content (AvgIpc) is 3.35. The fraction of sp³-hybridized carbons (Fsp3) is 0. The minimum atomic E-state index is -0.253. The number of carbonyl (C=O) groups excluding carboxylic acids is 2. The predicted molar refractivity (Wildman–Crippen MR) is 96.2 cm³/mol. The molecular formula is C18H11NO3S2. The van der Waals surface area contributed by atoms with Crippen molar-refractivity contribution in [3.63, 3.8) is 0 Å². The summed E-state index contributed by atoms with van der Waals surface area (Å²) in [4.78, 5) is 26.3. The van der Waals surface area contributed by atoms with Crippen LogP contribution >= 0.6 is 22.7 Å². The van der Waals surface area contributed by atoms with Crippen molar-refractivity contribution in [2.45, 2.75) is 0 Å². The molecule has 4 aromatic rings. The number of ketones is 1. The van der Waals surface area contributed by atoms with Crippen LogP contribution in [0.3, 0.4) is 0 Å². The number of benzene rings is 1. The van der Waals surface area contributed by atoms with Gasteiger partial charge < -0.3 is 9.73 Å². The number of nitrogens with one attached hydrogen (secondary N) is 1. The van der Waals surface area contributed by atoms with Crippen molar-refractivity contribution in [2.75, 3.05) is 5.32 Å². The van der Waals surface area contributed by atoms with Gasteiger partial charge in [0, 0.05) is 5.39 Å². The lowest BCUT2D eigenvalue weighted by atomic mass is 10.1. The Kier molecular flexibility index (Phi) is 3.76. The van der Waals surface area contributed by atoms with Crippen molar-refractivity contribution in [3.05, 3.63) is 74.8 Å². The fourth-order valence-electron chi connectivity index (χ4n) is 2.43. The summed E-state index contributed by atoms with van der Waals surface area (Å²) in [6.45, 7) is 0. The van der Waals surface area contributed by atoms with E-state index in [0.717, 1.165) is 0 Å². The Bertz CT molecular complexity index is 1010. The molecular weight excluding hydrogens is 342 g/mol. The SMILES string of the molecule is O=C(Nc1c(C(=O)c2cccs2)oc2ccccc12)c1cccs1. The molecule has 0 aliphatic rings. The molecule has 0 radical (unpaired) electrons. The van der Waals surface area contributed by atoms with Gasteiger partial charge in [-0.05, 0) is 35.0 Å². The van der Waals surface area contributed by atoms with Gasteiger partial charge in [-0.1, -0.05) is 24.3 Å². The van der Waals surface area contributed by atoms with Crippen molar-refractivity contribution in [1.82, 2.24) is 0 Å². The molecule has 4 nitrogen and oxygen atoms in total. The number of hydrogen-bond acceptors (Lipinski definition) is 5. The maximum Gasteiger partial charge on any atom is 0.265 e. The second-order valence-corrected chi connectivity index (χ2v) is 6.94. The summed E-state index contributed by atoms with van der Waals surface area (Å²) in [5.74, 6) is -0.331. The first-order valence-electron chi connectivity index (χ1n) is 7.18. The Balaban J connectivity index is 1.81. The number of thiophene rings is 2. The Labute approximate surface area is 145 Å². The normalized spacial score (nSPS) is 10.8. The van der Waals surface area contributed by atoms with E-state index in [2.05, 4.69) is 5.32 Å². The van der Waals surface area contributed by atoms with Crippen LogP contribution in [0.4, 0.5) is 5.69 Å². The van der Waals surface area contributed by atoms with E-state index in [4.69, 9.17) is 4.42 Å². The highest BCUT2D eigenvalue weighted by Gasteiger charge is 2.24. The molecule has 3 heterocycles. The highest BCUT2D eigenvalue weighted by atomic mass is 32.1. The van der Waals surface area contributed by atoms with Gasteiger partial charge in [-0.15, -0.1) is 22.7 Å². The van der Waals surface area contributed by atoms with Gasteiger partial charge in [0.2, 0.25) is 5.78 Å². The molecule has 0 fully saturated rings. The number of rotatable bonds is 4. The summed E-state index contributed by atoms with van der Waals surface area (Å²) >= 11 is 2.69. The van der Waals surface area contributed by atoms with Gasteiger partial charge >= 0.3 is 0 Å². The van der Waals surface area contributed by atoms with E-state index in [1.54, 1.807) is 18.2 Å². The number of fused-ring (bicyclic) bond motifs is 1. The number of carbonyl (C=O) groups is 2. The van der Waals surface area contributed by atoms with E-state index in [0.29, 0.717) is 26.4 Å². The lowest BCUT2D eigenvalue weighted by Crippen LogP contribution is -2.12. The summed E-state index contributed by atoms with van der Waals surface area (Å²) in [7, 11) is 0. The van der Waals surface area contributed by atoms with Crippen LogP contribution in [0.15, 0.2) is 63.7 Å². The molecule has 0 saturated heterocycles. The molecule has 6 heteroatoms. The molecule has 0 aliphatic heterocycles. The smallest absolute Gasteiger partial charge is 0.265 e. The Morgan fingerprint density at radius 3 is 2.29 bits per heavy atom. The zero-order valence-electron chi connectivity index (χ0n) is 12.3. The molecule has 0 spiro atoms. The van der Waals surface area contributed by atoms with Gasteiger partial charge in [0.25, 0.3) is 5.91 Å². The number of anilines is 1. The Morgan fingerprint density at radius 1 is 0.875 bits per heavy atom. The third-order valence-corrected chi connectivity index (χ3v) is 5.27. The highest BCUT2D eigenvalue weighted by Crippen LogP contribution is 2.33. The summed E-state index contributed by atoms with van der Waals surface area (Å²) < 4.78 is 5.75. The molecule has 118 valence electrons. The largest absolute Gasteiger partial charge is 0.450 e. The van der Waals surface area contributed by atoms with E-state index in [1.165, 1.54) is 22.7 Å². The molecule has 0 saturated carbocycles. The van der Waals surface area contributed by atoms with E-state index >= 15 is 0 Å². The first-order valence-corrected chi connectivity index (χ1v) is 8.94. The lowest BCUT2D eigenvalue weighted by Gasteiger charge is -2.04. The van der Waals surface area contributed by atoms with Gasteiger partial charge in [-0.3, -0.25) is 9.59 Å². The van der Waals surface area contributed by atoms with Crippen LogP contribution in [-0.4, -0.2) is 11.7 Å². The molecule has 1 N–H and O–H groups in total. The lowest BCUT2D eigenvalue weighted by molar-refractivity contribution is 0.102. The third-order valence-electron chi connectivity index (χ3n) is 3.53. The van der Waals surface area contributed by atoms with E-state index in [9.17, 15) is 9.59 Å². The molecule has 1 aromatic carbocycles. The van der Waals surface area contributed by atoms with Crippen LogP contribution in [0.5, 0.6) is 0 Å². The van der Waals surface area contributed by atoms with Gasteiger partial charge in [0.1, 0.15) is 5.58 Å². The monoisotopic (exact) mass is 353 g/mol. The molecule has 3 aromatic heterocycles. The van der Waals surface area contributed by atoms with Gasteiger partial charge in [-0.2, -0.15) is 0 Å². The van der Waals surface area contributed by atoms with Crippen LogP contribution in [-0.2, 0) is 0 Å². The predicted octanol–water partition coefficient (Wildman–Crippen LogP) is 5.04. The number of furan rings is 1. The average molecular weight is 353 g/mol. The summed E-state index contributed by atoms with van der Waals surface area (Å²) in [5, 5.41) is 7.22. The minimum absolute atomic E-state index is 0.156.